The third-order valence-electron chi connectivity index (χ3n) is 3.99. The van der Waals surface area contributed by atoms with Gasteiger partial charge in [-0.1, -0.05) is 18.2 Å². The van der Waals surface area contributed by atoms with Gasteiger partial charge < -0.3 is 19.5 Å². The molecule has 2 atom stereocenters. The van der Waals surface area contributed by atoms with Crippen LogP contribution in [0.3, 0.4) is 0 Å². The number of hydrogen-bond acceptors (Lipinski definition) is 7. The summed E-state index contributed by atoms with van der Waals surface area (Å²) in [5, 5.41) is 2.28. The van der Waals surface area contributed by atoms with Gasteiger partial charge in [-0.15, -0.1) is 11.8 Å². The maximum Gasteiger partial charge on any atom is 0.358 e. The van der Waals surface area contributed by atoms with Crippen molar-refractivity contribution in [2.24, 2.45) is 0 Å². The molecule has 0 aliphatic carbocycles. The first-order valence-electron chi connectivity index (χ1n) is 7.84. The molecule has 26 heavy (non-hydrogen) atoms. The Bertz CT molecular complexity index is 751. The molecule has 1 unspecified atom stereocenters. The highest BCUT2D eigenvalue weighted by molar-refractivity contribution is 8.00. The second-order valence-electron chi connectivity index (χ2n) is 5.52. The summed E-state index contributed by atoms with van der Waals surface area (Å²) >= 11 is 1.40. The number of β-lactam (4-membered cyclic amide) rings is 1. The van der Waals surface area contributed by atoms with Gasteiger partial charge in [-0.25, -0.2) is 4.79 Å². The Hall–Kier alpha value is -2.68. The summed E-state index contributed by atoms with van der Waals surface area (Å²) in [5.74, 6) is -0.0838. The molecule has 0 spiro atoms. The van der Waals surface area contributed by atoms with Crippen molar-refractivity contribution in [2.45, 2.75) is 11.4 Å². The maximum absolute atomic E-state index is 12.5. The normalized spacial score (nSPS) is 21.5. The molecule has 0 bridgehead atoms. The number of esters is 1. The number of amides is 2. The van der Waals surface area contributed by atoms with Crippen LogP contribution in [-0.4, -0.2) is 60.7 Å². The zero-order valence-electron chi connectivity index (χ0n) is 14.3. The molecule has 1 saturated heterocycles. The molecule has 138 valence electrons. The Morgan fingerprint density at radius 1 is 1.27 bits per heavy atom. The molecule has 2 amide bonds. The number of nitrogens with zero attached hydrogens (tertiary/aromatic N) is 1. The standard InChI is InChI=1S/C17H18N2O6S/c1-23-11-9-26-16-13(15(21)19(16)14(11)17(22)24-2)18-12(20)8-25-10-6-4-3-5-7-10/h3-7,13,16H,8-9H2,1-2H3,(H,18,20)/t13?,16-/m1/s1. The van der Waals surface area contributed by atoms with Crippen molar-refractivity contribution < 1.29 is 28.6 Å². The number of rotatable bonds is 6. The molecule has 8 nitrogen and oxygen atoms in total. The number of fused-ring (bicyclic) bond motifs is 1. The van der Waals surface area contributed by atoms with E-state index in [-0.39, 0.29) is 23.6 Å². The topological polar surface area (TPSA) is 94.2 Å². The minimum atomic E-state index is -0.718. The van der Waals surface area contributed by atoms with E-state index in [0.717, 1.165) is 0 Å². The molecule has 0 aromatic heterocycles. The van der Waals surface area contributed by atoms with E-state index in [2.05, 4.69) is 5.32 Å². The smallest absolute Gasteiger partial charge is 0.358 e. The van der Waals surface area contributed by atoms with Crippen molar-refractivity contribution in [3.63, 3.8) is 0 Å². The second kappa shape index (κ2) is 7.69. The number of hydrogen-bond donors (Lipinski definition) is 1. The van der Waals surface area contributed by atoms with Gasteiger partial charge in [0.25, 0.3) is 11.8 Å². The lowest BCUT2D eigenvalue weighted by Gasteiger charge is -2.49. The zero-order valence-corrected chi connectivity index (χ0v) is 15.1. The van der Waals surface area contributed by atoms with Gasteiger partial charge in [0.05, 0.1) is 20.0 Å². The van der Waals surface area contributed by atoms with Crippen LogP contribution < -0.4 is 10.1 Å². The summed E-state index contributed by atoms with van der Waals surface area (Å²) in [4.78, 5) is 37.8. The van der Waals surface area contributed by atoms with Gasteiger partial charge in [-0.3, -0.25) is 14.5 Å². The molecule has 9 heteroatoms. The second-order valence-corrected chi connectivity index (χ2v) is 6.63. The number of methoxy groups -OCH3 is 2. The Kier molecular flexibility index (Phi) is 5.36. The highest BCUT2D eigenvalue weighted by Crippen LogP contribution is 2.40. The van der Waals surface area contributed by atoms with Crippen molar-refractivity contribution >= 4 is 29.5 Å². The first-order chi connectivity index (χ1) is 12.6. The van der Waals surface area contributed by atoms with Crippen LogP contribution in [0.15, 0.2) is 41.8 Å². The molecule has 2 aliphatic heterocycles. The molecule has 1 fully saturated rings. The predicted molar refractivity (Wildman–Crippen MR) is 93.0 cm³/mol. The van der Waals surface area contributed by atoms with Crippen LogP contribution in [0.5, 0.6) is 5.75 Å². The first kappa shape index (κ1) is 18.1. The minimum Gasteiger partial charge on any atom is -0.498 e. The minimum absolute atomic E-state index is 0.0924. The summed E-state index contributed by atoms with van der Waals surface area (Å²) < 4.78 is 15.3. The molecule has 0 radical (unpaired) electrons. The lowest BCUT2D eigenvalue weighted by atomic mass is 10.0. The van der Waals surface area contributed by atoms with Gasteiger partial charge in [0.1, 0.15) is 22.9 Å². The SMILES string of the molecule is COC(=O)C1=C(OC)CS[C@@H]2C(NC(=O)COc3ccccc3)C(=O)N12. The van der Waals surface area contributed by atoms with Crippen molar-refractivity contribution in [3.05, 3.63) is 41.8 Å². The number of para-hydroxylation sites is 1. The van der Waals surface area contributed by atoms with Crippen molar-refractivity contribution in [1.29, 1.82) is 0 Å². The van der Waals surface area contributed by atoms with Gasteiger partial charge in [0.15, 0.2) is 12.3 Å². The van der Waals surface area contributed by atoms with E-state index >= 15 is 0 Å². The number of nitrogens with one attached hydrogen (secondary N) is 1. The number of ether oxygens (including phenoxy) is 3. The molecule has 1 N–H and O–H groups in total. The quantitative estimate of drug-likeness (QED) is 0.569. The van der Waals surface area contributed by atoms with Crippen LogP contribution in [0.1, 0.15) is 0 Å². The van der Waals surface area contributed by atoms with E-state index in [4.69, 9.17) is 14.2 Å². The van der Waals surface area contributed by atoms with Crippen LogP contribution >= 0.6 is 11.8 Å². The van der Waals surface area contributed by atoms with Gasteiger partial charge in [-0.2, -0.15) is 0 Å². The molecular weight excluding hydrogens is 360 g/mol. The van der Waals surface area contributed by atoms with Crippen LogP contribution in [0.25, 0.3) is 0 Å². The van der Waals surface area contributed by atoms with Gasteiger partial charge in [-0.05, 0) is 12.1 Å². The number of carbonyl (C=O) groups is 3. The van der Waals surface area contributed by atoms with E-state index in [1.54, 1.807) is 24.3 Å². The van der Waals surface area contributed by atoms with E-state index in [1.807, 2.05) is 6.07 Å². The van der Waals surface area contributed by atoms with Crippen LogP contribution in [0, 0.1) is 0 Å². The number of benzene rings is 1. The van der Waals surface area contributed by atoms with E-state index in [1.165, 1.54) is 30.9 Å². The Balaban J connectivity index is 1.62. The third-order valence-corrected chi connectivity index (χ3v) is 5.24. The van der Waals surface area contributed by atoms with Crippen molar-refractivity contribution in [3.8, 4) is 5.75 Å². The largest absolute Gasteiger partial charge is 0.498 e. The van der Waals surface area contributed by atoms with Crippen molar-refractivity contribution in [2.75, 3.05) is 26.6 Å². The molecule has 1 aromatic carbocycles. The van der Waals surface area contributed by atoms with E-state index in [0.29, 0.717) is 17.3 Å². The lowest BCUT2D eigenvalue weighted by molar-refractivity contribution is -0.152. The fourth-order valence-electron chi connectivity index (χ4n) is 2.71. The first-order valence-corrected chi connectivity index (χ1v) is 8.89. The number of carbonyl (C=O) groups excluding carboxylic acids is 3. The summed E-state index contributed by atoms with van der Waals surface area (Å²) in [6.45, 7) is -0.200. The summed E-state index contributed by atoms with van der Waals surface area (Å²) in [5.41, 5.74) is 0.0924. The van der Waals surface area contributed by atoms with Crippen molar-refractivity contribution in [1.82, 2.24) is 10.2 Å². The lowest BCUT2D eigenvalue weighted by Crippen LogP contribution is -2.71. The highest BCUT2D eigenvalue weighted by atomic mass is 32.2. The molecule has 0 saturated carbocycles. The Morgan fingerprint density at radius 3 is 2.65 bits per heavy atom. The van der Waals surface area contributed by atoms with Gasteiger partial charge in [0.2, 0.25) is 0 Å². The third kappa shape index (κ3) is 3.34. The zero-order chi connectivity index (χ0) is 18.7. The maximum atomic E-state index is 12.5. The van der Waals surface area contributed by atoms with Crippen LogP contribution in [-0.2, 0) is 23.9 Å². The fourth-order valence-corrected chi connectivity index (χ4v) is 4.03. The van der Waals surface area contributed by atoms with Gasteiger partial charge >= 0.3 is 5.97 Å². The molecule has 3 rings (SSSR count). The Morgan fingerprint density at radius 2 is 2.00 bits per heavy atom. The van der Waals surface area contributed by atoms with E-state index in [9.17, 15) is 14.4 Å². The molecular formula is C17H18N2O6S. The molecule has 2 heterocycles. The van der Waals surface area contributed by atoms with Gasteiger partial charge in [0, 0.05) is 0 Å². The fraction of sp³-hybridized carbons (Fsp3) is 0.353. The van der Waals surface area contributed by atoms with Crippen LogP contribution in [0.2, 0.25) is 0 Å². The number of thioether (sulfide) groups is 1. The average molecular weight is 378 g/mol. The molecule has 1 aromatic rings. The monoisotopic (exact) mass is 378 g/mol. The average Bonchev–Trinajstić information content (AvgIpc) is 2.69. The summed E-state index contributed by atoms with van der Waals surface area (Å²) in [7, 11) is 2.67. The summed E-state index contributed by atoms with van der Waals surface area (Å²) in [6, 6.07) is 8.20. The highest BCUT2D eigenvalue weighted by Gasteiger charge is 2.54. The van der Waals surface area contributed by atoms with Crippen LogP contribution in [0.4, 0.5) is 0 Å². The summed E-state index contributed by atoms with van der Waals surface area (Å²) in [6.07, 6.45) is 0. The van der Waals surface area contributed by atoms with E-state index < -0.39 is 17.9 Å². The Labute approximate surface area is 154 Å². The predicted octanol–water partition coefficient (Wildman–Crippen LogP) is 0.496. The molecule has 2 aliphatic rings.